The second kappa shape index (κ2) is 7.40. The van der Waals surface area contributed by atoms with E-state index < -0.39 is 23.5 Å². The van der Waals surface area contributed by atoms with Gasteiger partial charge < -0.3 is 15.2 Å². The molecular formula is C18H19F2NO3. The van der Waals surface area contributed by atoms with E-state index in [1.807, 2.05) is 6.92 Å². The molecule has 128 valence electrons. The molecule has 6 heteroatoms. The summed E-state index contributed by atoms with van der Waals surface area (Å²) in [6, 6.07) is 12.0. The van der Waals surface area contributed by atoms with Gasteiger partial charge in [0.25, 0.3) is 5.91 Å². The highest BCUT2D eigenvalue weighted by Crippen LogP contribution is 2.29. The summed E-state index contributed by atoms with van der Waals surface area (Å²) in [7, 11) is 1.42. The van der Waals surface area contributed by atoms with E-state index in [0.717, 1.165) is 17.7 Å². The SMILES string of the molecule is COc1ccc(C(F)(F)C(=O)NCC(O)c2ccc(C)cc2)cc1. The minimum Gasteiger partial charge on any atom is -0.497 e. The number of hydrogen-bond acceptors (Lipinski definition) is 3. The topological polar surface area (TPSA) is 58.6 Å². The summed E-state index contributed by atoms with van der Waals surface area (Å²) >= 11 is 0. The molecule has 24 heavy (non-hydrogen) atoms. The largest absolute Gasteiger partial charge is 0.497 e. The summed E-state index contributed by atoms with van der Waals surface area (Å²) in [4.78, 5) is 11.8. The van der Waals surface area contributed by atoms with Gasteiger partial charge in [-0.15, -0.1) is 0 Å². The smallest absolute Gasteiger partial charge is 0.349 e. The van der Waals surface area contributed by atoms with E-state index in [2.05, 4.69) is 5.32 Å². The highest BCUT2D eigenvalue weighted by atomic mass is 19.3. The average molecular weight is 335 g/mol. The van der Waals surface area contributed by atoms with E-state index in [0.29, 0.717) is 11.3 Å². The molecule has 1 atom stereocenters. The maximum atomic E-state index is 14.2. The molecule has 0 bridgehead atoms. The molecule has 0 aromatic heterocycles. The van der Waals surface area contributed by atoms with E-state index in [1.54, 1.807) is 24.3 Å². The molecule has 0 saturated carbocycles. The predicted molar refractivity (Wildman–Crippen MR) is 86.0 cm³/mol. The number of carbonyl (C=O) groups excluding carboxylic acids is 1. The first-order valence-corrected chi connectivity index (χ1v) is 7.40. The minimum absolute atomic E-state index is 0.298. The molecule has 1 amide bonds. The number of aliphatic hydroxyl groups is 1. The Labute approximate surface area is 139 Å². The normalized spacial score (nSPS) is 12.5. The first-order valence-electron chi connectivity index (χ1n) is 7.40. The zero-order valence-corrected chi connectivity index (χ0v) is 13.4. The van der Waals surface area contributed by atoms with Crippen LogP contribution in [0.1, 0.15) is 22.8 Å². The first-order chi connectivity index (χ1) is 11.3. The van der Waals surface area contributed by atoms with Gasteiger partial charge in [-0.05, 0) is 36.8 Å². The fourth-order valence-electron chi connectivity index (χ4n) is 2.14. The maximum absolute atomic E-state index is 14.2. The van der Waals surface area contributed by atoms with Crippen molar-refractivity contribution in [2.24, 2.45) is 0 Å². The summed E-state index contributed by atoms with van der Waals surface area (Å²) in [5.41, 5.74) is 1.13. The van der Waals surface area contributed by atoms with Crippen LogP contribution in [0.4, 0.5) is 8.78 Å². The molecule has 2 aromatic carbocycles. The van der Waals surface area contributed by atoms with Crippen LogP contribution in [0.15, 0.2) is 48.5 Å². The molecule has 0 heterocycles. The average Bonchev–Trinajstić information content (AvgIpc) is 2.59. The summed E-state index contributed by atoms with van der Waals surface area (Å²) in [5, 5.41) is 12.1. The third-order valence-electron chi connectivity index (χ3n) is 3.66. The number of ether oxygens (including phenoxy) is 1. The quantitative estimate of drug-likeness (QED) is 0.853. The van der Waals surface area contributed by atoms with Gasteiger partial charge >= 0.3 is 5.92 Å². The van der Waals surface area contributed by atoms with Gasteiger partial charge in [0.2, 0.25) is 0 Å². The first kappa shape index (κ1) is 17.9. The summed E-state index contributed by atoms with van der Waals surface area (Å²) in [5.74, 6) is -4.73. The van der Waals surface area contributed by atoms with Crippen LogP contribution in [0.25, 0.3) is 0 Å². The number of methoxy groups -OCH3 is 1. The number of aliphatic hydroxyl groups excluding tert-OH is 1. The second-order valence-corrected chi connectivity index (χ2v) is 5.44. The Bertz CT molecular complexity index is 684. The Morgan fingerprint density at radius 3 is 2.29 bits per heavy atom. The van der Waals surface area contributed by atoms with Crippen LogP contribution in [0.3, 0.4) is 0 Å². The molecule has 0 saturated heterocycles. The summed E-state index contributed by atoms with van der Waals surface area (Å²) in [6.07, 6.45) is -1.05. The molecular weight excluding hydrogens is 316 g/mol. The zero-order valence-electron chi connectivity index (χ0n) is 13.4. The summed E-state index contributed by atoms with van der Waals surface area (Å²) in [6.45, 7) is 1.60. The molecule has 0 spiro atoms. The van der Waals surface area contributed by atoms with Crippen molar-refractivity contribution in [3.8, 4) is 5.75 Å². The lowest BCUT2D eigenvalue weighted by molar-refractivity contribution is -0.147. The number of benzene rings is 2. The predicted octanol–water partition coefficient (Wildman–Crippen LogP) is 2.95. The number of alkyl halides is 2. The molecule has 0 aliphatic heterocycles. The van der Waals surface area contributed by atoms with Gasteiger partial charge in [0.05, 0.1) is 13.2 Å². The van der Waals surface area contributed by atoms with Crippen LogP contribution in [0.2, 0.25) is 0 Å². The van der Waals surface area contributed by atoms with E-state index in [-0.39, 0.29) is 6.54 Å². The number of aryl methyl sites for hydroxylation is 1. The van der Waals surface area contributed by atoms with Crippen molar-refractivity contribution in [3.63, 3.8) is 0 Å². The molecule has 4 nitrogen and oxygen atoms in total. The van der Waals surface area contributed by atoms with Crippen molar-refractivity contribution in [2.45, 2.75) is 19.0 Å². The van der Waals surface area contributed by atoms with Gasteiger partial charge in [-0.25, -0.2) is 0 Å². The van der Waals surface area contributed by atoms with Gasteiger partial charge in [-0.2, -0.15) is 8.78 Å². The van der Waals surface area contributed by atoms with Crippen molar-refractivity contribution in [1.82, 2.24) is 5.32 Å². The van der Waals surface area contributed by atoms with Crippen LogP contribution < -0.4 is 10.1 Å². The molecule has 2 aromatic rings. The fraction of sp³-hybridized carbons (Fsp3) is 0.278. The highest BCUT2D eigenvalue weighted by molar-refractivity contribution is 5.84. The van der Waals surface area contributed by atoms with Crippen molar-refractivity contribution in [1.29, 1.82) is 0 Å². The Morgan fingerprint density at radius 1 is 1.17 bits per heavy atom. The lowest BCUT2D eigenvalue weighted by Gasteiger charge is -2.18. The van der Waals surface area contributed by atoms with Crippen molar-refractivity contribution in [3.05, 3.63) is 65.2 Å². The molecule has 0 aliphatic rings. The maximum Gasteiger partial charge on any atom is 0.349 e. The fourth-order valence-corrected chi connectivity index (χ4v) is 2.14. The molecule has 2 rings (SSSR count). The Kier molecular flexibility index (Phi) is 5.51. The van der Waals surface area contributed by atoms with E-state index in [9.17, 15) is 18.7 Å². The van der Waals surface area contributed by atoms with Crippen LogP contribution in [0, 0.1) is 6.92 Å². The standard InChI is InChI=1S/C18H19F2NO3/c1-12-3-5-13(6-4-12)16(22)11-21-17(23)18(19,20)14-7-9-15(24-2)10-8-14/h3-10,16,22H,11H2,1-2H3,(H,21,23). The third-order valence-corrected chi connectivity index (χ3v) is 3.66. The lowest BCUT2D eigenvalue weighted by Crippen LogP contribution is -2.40. The van der Waals surface area contributed by atoms with Crippen LogP contribution >= 0.6 is 0 Å². The van der Waals surface area contributed by atoms with Crippen molar-refractivity contribution < 1.29 is 23.4 Å². The van der Waals surface area contributed by atoms with Gasteiger partial charge in [0, 0.05) is 12.1 Å². The number of carbonyl (C=O) groups is 1. The number of halogens is 2. The van der Waals surface area contributed by atoms with E-state index >= 15 is 0 Å². The van der Waals surface area contributed by atoms with E-state index in [4.69, 9.17) is 4.74 Å². The van der Waals surface area contributed by atoms with Gasteiger partial charge in [0.1, 0.15) is 5.75 Å². The lowest BCUT2D eigenvalue weighted by atomic mass is 10.1. The number of nitrogens with one attached hydrogen (secondary N) is 1. The molecule has 0 radical (unpaired) electrons. The Balaban J connectivity index is 2.00. The molecule has 2 N–H and O–H groups in total. The number of rotatable bonds is 6. The van der Waals surface area contributed by atoms with Crippen LogP contribution in [-0.2, 0) is 10.7 Å². The highest BCUT2D eigenvalue weighted by Gasteiger charge is 2.40. The Morgan fingerprint density at radius 2 is 1.75 bits per heavy atom. The molecule has 0 fully saturated rings. The van der Waals surface area contributed by atoms with Crippen molar-refractivity contribution >= 4 is 5.91 Å². The van der Waals surface area contributed by atoms with Crippen molar-refractivity contribution in [2.75, 3.05) is 13.7 Å². The monoisotopic (exact) mass is 335 g/mol. The Hall–Kier alpha value is -2.47. The minimum atomic E-state index is -3.70. The van der Waals surface area contributed by atoms with Crippen LogP contribution in [-0.4, -0.2) is 24.7 Å². The van der Waals surface area contributed by atoms with Crippen LogP contribution in [0.5, 0.6) is 5.75 Å². The third kappa shape index (κ3) is 4.08. The summed E-state index contributed by atoms with van der Waals surface area (Å²) < 4.78 is 33.2. The number of amides is 1. The second-order valence-electron chi connectivity index (χ2n) is 5.44. The molecule has 1 unspecified atom stereocenters. The molecule has 0 aliphatic carbocycles. The van der Waals surface area contributed by atoms with E-state index in [1.165, 1.54) is 19.2 Å². The van der Waals surface area contributed by atoms with Gasteiger partial charge in [0.15, 0.2) is 0 Å². The number of hydrogen-bond donors (Lipinski definition) is 2. The van der Waals surface area contributed by atoms with Gasteiger partial charge in [-0.1, -0.05) is 29.8 Å². The zero-order chi connectivity index (χ0) is 17.7. The van der Waals surface area contributed by atoms with Gasteiger partial charge in [-0.3, -0.25) is 4.79 Å².